The van der Waals surface area contributed by atoms with Crippen LogP contribution in [-0.2, 0) is 23.7 Å². The summed E-state index contributed by atoms with van der Waals surface area (Å²) in [6.45, 7) is 12.9. The Labute approximate surface area is 191 Å². The molecule has 0 unspecified atom stereocenters. The van der Waals surface area contributed by atoms with E-state index in [9.17, 15) is 10.2 Å². The molecule has 2 heteroatoms. The summed E-state index contributed by atoms with van der Waals surface area (Å²) in [5.41, 5.74) is 4.17. The van der Waals surface area contributed by atoms with Gasteiger partial charge in [0.25, 0.3) is 0 Å². The highest BCUT2D eigenvalue weighted by Gasteiger charge is 2.23. The van der Waals surface area contributed by atoms with Gasteiger partial charge in [0.15, 0.2) is 0 Å². The predicted molar refractivity (Wildman–Crippen MR) is 136 cm³/mol. The lowest BCUT2D eigenvalue weighted by Crippen LogP contribution is -2.13. The first-order valence-electron chi connectivity index (χ1n) is 11.5. The summed E-state index contributed by atoms with van der Waals surface area (Å²) in [4.78, 5) is 0. The number of fused-ring (bicyclic) bond motifs is 2. The van der Waals surface area contributed by atoms with Gasteiger partial charge < -0.3 is 10.2 Å². The van der Waals surface area contributed by atoms with E-state index in [-0.39, 0.29) is 10.8 Å². The summed E-state index contributed by atoms with van der Waals surface area (Å²) in [5.74, 6) is 0.781. The topological polar surface area (TPSA) is 40.5 Å². The number of aryl methyl sites for hydroxylation is 2. The molecule has 0 aliphatic carbocycles. The summed E-state index contributed by atoms with van der Waals surface area (Å²) in [7, 11) is 0. The first-order valence-corrected chi connectivity index (χ1v) is 11.5. The van der Waals surface area contributed by atoms with Crippen molar-refractivity contribution >= 4 is 21.5 Å². The van der Waals surface area contributed by atoms with Gasteiger partial charge >= 0.3 is 0 Å². The molecule has 4 rings (SSSR count). The zero-order valence-electron chi connectivity index (χ0n) is 20.1. The fraction of sp³-hybridized carbons (Fsp3) is 0.333. The molecular weight excluding hydrogens is 392 g/mol. The van der Waals surface area contributed by atoms with E-state index >= 15 is 0 Å². The molecule has 4 aromatic rings. The van der Waals surface area contributed by atoms with E-state index in [4.69, 9.17) is 0 Å². The molecular formula is C30H34O2. The van der Waals surface area contributed by atoms with Crippen molar-refractivity contribution in [1.29, 1.82) is 0 Å². The molecule has 0 aliphatic rings. The maximum atomic E-state index is 11.0. The SMILES string of the molecule is CC(C)(C)c1cc(CCc2cc(C(C)(C)C)c(O)c3ccccc23)c2ccccc2c1O. The number of phenols is 2. The van der Waals surface area contributed by atoms with Crippen molar-refractivity contribution in [2.24, 2.45) is 0 Å². The highest BCUT2D eigenvalue weighted by Crippen LogP contribution is 2.41. The van der Waals surface area contributed by atoms with E-state index in [1.807, 2.05) is 36.4 Å². The maximum Gasteiger partial charge on any atom is 0.127 e. The van der Waals surface area contributed by atoms with Crippen molar-refractivity contribution in [2.45, 2.75) is 65.2 Å². The van der Waals surface area contributed by atoms with Crippen molar-refractivity contribution in [3.8, 4) is 11.5 Å². The number of hydrogen-bond acceptors (Lipinski definition) is 2. The molecule has 0 aromatic heterocycles. The minimum atomic E-state index is -0.145. The van der Waals surface area contributed by atoms with Crippen LogP contribution < -0.4 is 0 Å². The fourth-order valence-corrected chi connectivity index (χ4v) is 4.70. The Balaban J connectivity index is 1.84. The van der Waals surface area contributed by atoms with Crippen molar-refractivity contribution in [3.05, 3.63) is 82.9 Å². The van der Waals surface area contributed by atoms with Crippen LogP contribution in [0.1, 0.15) is 63.8 Å². The number of phenolic OH excluding ortho intramolecular Hbond substituents is 2. The van der Waals surface area contributed by atoms with Gasteiger partial charge in [-0.2, -0.15) is 0 Å². The first kappa shape index (κ1) is 22.2. The van der Waals surface area contributed by atoms with Gasteiger partial charge in [-0.1, -0.05) is 102 Å². The van der Waals surface area contributed by atoms with Crippen molar-refractivity contribution in [1.82, 2.24) is 0 Å². The Morgan fingerprint density at radius 2 is 0.844 bits per heavy atom. The fourth-order valence-electron chi connectivity index (χ4n) is 4.70. The molecule has 166 valence electrons. The highest BCUT2D eigenvalue weighted by molar-refractivity contribution is 5.94. The van der Waals surface area contributed by atoms with E-state index in [1.54, 1.807) is 0 Å². The third-order valence-electron chi connectivity index (χ3n) is 6.48. The molecule has 32 heavy (non-hydrogen) atoms. The zero-order valence-corrected chi connectivity index (χ0v) is 20.1. The summed E-state index contributed by atoms with van der Waals surface area (Å²) in [5, 5.41) is 26.0. The molecule has 2 N–H and O–H groups in total. The van der Waals surface area contributed by atoms with Crippen LogP contribution in [-0.4, -0.2) is 10.2 Å². The van der Waals surface area contributed by atoms with E-state index in [2.05, 4.69) is 65.8 Å². The minimum absolute atomic E-state index is 0.145. The van der Waals surface area contributed by atoms with Gasteiger partial charge in [0, 0.05) is 21.9 Å². The molecule has 0 aliphatic heterocycles. The quantitative estimate of drug-likeness (QED) is 0.351. The van der Waals surface area contributed by atoms with Gasteiger partial charge in [0.2, 0.25) is 0 Å². The van der Waals surface area contributed by atoms with E-state index in [0.29, 0.717) is 11.5 Å². The van der Waals surface area contributed by atoms with Crippen LogP contribution in [0, 0.1) is 0 Å². The lowest BCUT2D eigenvalue weighted by Gasteiger charge is -2.24. The molecule has 2 nitrogen and oxygen atoms in total. The number of hydrogen-bond donors (Lipinski definition) is 2. The molecule has 0 radical (unpaired) electrons. The smallest absolute Gasteiger partial charge is 0.127 e. The van der Waals surface area contributed by atoms with Crippen LogP contribution in [0.4, 0.5) is 0 Å². The standard InChI is InChI=1S/C30H34O2/c1-29(2,3)25-17-19(21-11-7-9-13-23(21)27(25)31)15-16-20-18-26(30(4,5)6)28(32)24-14-10-8-12-22(20)24/h7-14,17-18,31-32H,15-16H2,1-6H3. The Kier molecular flexibility index (Phi) is 5.45. The largest absolute Gasteiger partial charge is 0.507 e. The second-order valence-corrected chi connectivity index (χ2v) is 11.0. The number of benzene rings is 4. The maximum absolute atomic E-state index is 11.0. The second kappa shape index (κ2) is 7.85. The van der Waals surface area contributed by atoms with E-state index < -0.39 is 0 Å². The Morgan fingerprint density at radius 3 is 1.16 bits per heavy atom. The lowest BCUT2D eigenvalue weighted by molar-refractivity contribution is 0.451. The molecule has 0 saturated carbocycles. The summed E-state index contributed by atoms with van der Waals surface area (Å²) >= 11 is 0. The molecule has 0 atom stereocenters. The first-order chi connectivity index (χ1) is 15.0. The second-order valence-electron chi connectivity index (χ2n) is 11.0. The van der Waals surface area contributed by atoms with Crippen LogP contribution >= 0.6 is 0 Å². The Hall–Kier alpha value is -3.00. The van der Waals surface area contributed by atoms with Gasteiger partial charge in [-0.15, -0.1) is 0 Å². The van der Waals surface area contributed by atoms with Gasteiger partial charge in [0.1, 0.15) is 11.5 Å². The van der Waals surface area contributed by atoms with Crippen molar-refractivity contribution in [3.63, 3.8) is 0 Å². The average Bonchev–Trinajstić information content (AvgIpc) is 2.73. The number of rotatable bonds is 3. The normalized spacial score (nSPS) is 12.6. The van der Waals surface area contributed by atoms with Crippen LogP contribution in [0.2, 0.25) is 0 Å². The van der Waals surface area contributed by atoms with Gasteiger partial charge in [-0.3, -0.25) is 0 Å². The lowest BCUT2D eigenvalue weighted by atomic mass is 9.81. The van der Waals surface area contributed by atoms with Crippen molar-refractivity contribution in [2.75, 3.05) is 0 Å². The average molecular weight is 427 g/mol. The predicted octanol–water partition coefficient (Wildman–Crippen LogP) is 7.78. The molecule has 4 aromatic carbocycles. The monoisotopic (exact) mass is 426 g/mol. The zero-order chi connectivity index (χ0) is 23.3. The minimum Gasteiger partial charge on any atom is -0.507 e. The third kappa shape index (κ3) is 3.95. The van der Waals surface area contributed by atoms with Crippen LogP contribution in [0.5, 0.6) is 11.5 Å². The summed E-state index contributed by atoms with van der Waals surface area (Å²) in [6.07, 6.45) is 1.73. The van der Waals surface area contributed by atoms with Gasteiger partial charge in [-0.05, 0) is 45.6 Å². The van der Waals surface area contributed by atoms with Gasteiger partial charge in [0.05, 0.1) is 0 Å². The third-order valence-corrected chi connectivity index (χ3v) is 6.48. The molecule has 0 heterocycles. The summed E-state index contributed by atoms with van der Waals surface area (Å²) in [6, 6.07) is 20.6. The van der Waals surface area contributed by atoms with Gasteiger partial charge in [-0.25, -0.2) is 0 Å². The highest BCUT2D eigenvalue weighted by atomic mass is 16.3. The Morgan fingerprint density at radius 1 is 0.531 bits per heavy atom. The summed E-state index contributed by atoms with van der Waals surface area (Å²) < 4.78 is 0. The molecule has 0 saturated heterocycles. The van der Waals surface area contributed by atoms with E-state index in [1.165, 1.54) is 11.1 Å². The van der Waals surface area contributed by atoms with E-state index in [0.717, 1.165) is 45.5 Å². The molecule has 0 fully saturated rings. The molecule has 0 amide bonds. The van der Waals surface area contributed by atoms with Crippen LogP contribution in [0.3, 0.4) is 0 Å². The van der Waals surface area contributed by atoms with Crippen molar-refractivity contribution < 1.29 is 10.2 Å². The number of aromatic hydroxyl groups is 2. The Bertz CT molecular complexity index is 1200. The molecule has 0 bridgehead atoms. The molecule has 0 spiro atoms. The van der Waals surface area contributed by atoms with Crippen LogP contribution in [0.15, 0.2) is 60.7 Å². The van der Waals surface area contributed by atoms with Crippen LogP contribution in [0.25, 0.3) is 21.5 Å².